The van der Waals surface area contributed by atoms with Crippen LogP contribution in [0.2, 0.25) is 0 Å². The van der Waals surface area contributed by atoms with Gasteiger partial charge in [-0.3, -0.25) is 4.79 Å². The maximum atomic E-state index is 12.0. The smallest absolute Gasteiger partial charge is 0.242 e. The molecule has 0 radical (unpaired) electrons. The zero-order valence-corrected chi connectivity index (χ0v) is 10.7. The molecule has 1 atom stereocenters. The molecule has 0 aromatic carbocycles. The van der Waals surface area contributed by atoms with Crippen molar-refractivity contribution in [2.75, 3.05) is 26.3 Å². The molecule has 0 saturated carbocycles. The minimum Gasteiger partial charge on any atom is -0.388 e. The van der Waals surface area contributed by atoms with E-state index in [1.54, 1.807) is 0 Å². The third-order valence-electron chi connectivity index (χ3n) is 3.23. The maximum Gasteiger partial charge on any atom is 0.242 e. The zero-order chi connectivity index (χ0) is 13.0. The first-order valence-electron chi connectivity index (χ1n) is 6.40. The third-order valence-corrected chi connectivity index (χ3v) is 3.23. The molecule has 1 aliphatic heterocycles. The van der Waals surface area contributed by atoms with E-state index >= 15 is 0 Å². The minimum absolute atomic E-state index is 0.103. The number of amides is 1. The van der Waals surface area contributed by atoms with Gasteiger partial charge in [0.25, 0.3) is 0 Å². The molecule has 5 heteroatoms. The Balaban J connectivity index is 1.92. The van der Waals surface area contributed by atoms with Crippen LogP contribution in [-0.4, -0.2) is 46.8 Å². The van der Waals surface area contributed by atoms with Crippen LogP contribution in [0.1, 0.15) is 25.0 Å². The molecule has 1 N–H and O–H groups in total. The number of rotatable bonds is 4. The van der Waals surface area contributed by atoms with Crippen LogP contribution in [0.3, 0.4) is 0 Å². The average Bonchev–Trinajstić information content (AvgIpc) is 2.87. The predicted molar refractivity (Wildman–Crippen MR) is 67.1 cm³/mol. The van der Waals surface area contributed by atoms with Gasteiger partial charge < -0.3 is 19.3 Å². The van der Waals surface area contributed by atoms with Crippen LogP contribution in [0, 0.1) is 0 Å². The van der Waals surface area contributed by atoms with Crippen LogP contribution >= 0.6 is 0 Å². The van der Waals surface area contributed by atoms with Crippen molar-refractivity contribution in [3.05, 3.63) is 24.0 Å². The topological polar surface area (TPSA) is 54.7 Å². The SMILES string of the molecule is CCC(O)c1ccn(CC(=O)N2CCOCC2)c1. The Bertz CT molecular complexity index is 397. The summed E-state index contributed by atoms with van der Waals surface area (Å²) in [6, 6.07) is 1.86. The number of carbonyl (C=O) groups is 1. The van der Waals surface area contributed by atoms with E-state index in [-0.39, 0.29) is 5.91 Å². The summed E-state index contributed by atoms with van der Waals surface area (Å²) in [7, 11) is 0. The van der Waals surface area contributed by atoms with Gasteiger partial charge in [-0.1, -0.05) is 6.92 Å². The van der Waals surface area contributed by atoms with E-state index in [1.807, 2.05) is 34.9 Å². The molecule has 1 saturated heterocycles. The molecule has 1 aliphatic rings. The van der Waals surface area contributed by atoms with Gasteiger partial charge in [-0.2, -0.15) is 0 Å². The Morgan fingerprint density at radius 2 is 2.22 bits per heavy atom. The minimum atomic E-state index is -0.440. The summed E-state index contributed by atoms with van der Waals surface area (Å²) in [5, 5.41) is 9.70. The summed E-state index contributed by atoms with van der Waals surface area (Å²) in [6.45, 7) is 4.85. The van der Waals surface area contributed by atoms with E-state index in [2.05, 4.69) is 0 Å². The van der Waals surface area contributed by atoms with Crippen molar-refractivity contribution >= 4 is 5.91 Å². The lowest BCUT2D eigenvalue weighted by molar-refractivity contribution is -0.135. The summed E-state index contributed by atoms with van der Waals surface area (Å²) >= 11 is 0. The fourth-order valence-corrected chi connectivity index (χ4v) is 2.06. The lowest BCUT2D eigenvalue weighted by Gasteiger charge is -2.26. The Hall–Kier alpha value is -1.33. The van der Waals surface area contributed by atoms with Crippen LogP contribution in [0.5, 0.6) is 0 Å². The summed E-state index contributed by atoms with van der Waals surface area (Å²) in [5.41, 5.74) is 0.868. The van der Waals surface area contributed by atoms with Gasteiger partial charge in [-0.15, -0.1) is 0 Å². The highest BCUT2D eigenvalue weighted by Gasteiger charge is 2.17. The number of aromatic nitrogens is 1. The molecule has 2 heterocycles. The molecule has 1 aromatic heterocycles. The highest BCUT2D eigenvalue weighted by Crippen LogP contribution is 2.16. The first-order chi connectivity index (χ1) is 8.70. The molecule has 2 rings (SSSR count). The van der Waals surface area contributed by atoms with E-state index in [4.69, 9.17) is 4.74 Å². The Labute approximate surface area is 107 Å². The lowest BCUT2D eigenvalue weighted by Crippen LogP contribution is -2.42. The molecule has 1 unspecified atom stereocenters. The molecular formula is C13H20N2O3. The monoisotopic (exact) mass is 252 g/mol. The third kappa shape index (κ3) is 3.11. The number of nitrogens with zero attached hydrogens (tertiary/aromatic N) is 2. The highest BCUT2D eigenvalue weighted by atomic mass is 16.5. The largest absolute Gasteiger partial charge is 0.388 e. The van der Waals surface area contributed by atoms with Gasteiger partial charge in [0.15, 0.2) is 0 Å². The van der Waals surface area contributed by atoms with Crippen LogP contribution in [-0.2, 0) is 16.1 Å². The molecule has 100 valence electrons. The van der Waals surface area contributed by atoms with E-state index in [1.165, 1.54) is 0 Å². The summed E-state index contributed by atoms with van der Waals surface area (Å²) in [4.78, 5) is 13.8. The Morgan fingerprint density at radius 1 is 1.50 bits per heavy atom. The van der Waals surface area contributed by atoms with E-state index in [0.717, 1.165) is 5.56 Å². The van der Waals surface area contributed by atoms with Gasteiger partial charge in [0, 0.05) is 25.5 Å². The quantitative estimate of drug-likeness (QED) is 0.862. The number of hydrogen-bond acceptors (Lipinski definition) is 3. The van der Waals surface area contributed by atoms with Crippen LogP contribution in [0.25, 0.3) is 0 Å². The van der Waals surface area contributed by atoms with Crippen molar-refractivity contribution in [2.24, 2.45) is 0 Å². The summed E-state index contributed by atoms with van der Waals surface area (Å²) in [5.74, 6) is 0.103. The van der Waals surface area contributed by atoms with Gasteiger partial charge in [-0.25, -0.2) is 0 Å². The van der Waals surface area contributed by atoms with Crippen LogP contribution in [0.15, 0.2) is 18.5 Å². The van der Waals surface area contributed by atoms with Gasteiger partial charge in [0.2, 0.25) is 5.91 Å². The highest BCUT2D eigenvalue weighted by molar-refractivity contribution is 5.76. The van der Waals surface area contributed by atoms with Crippen LogP contribution in [0.4, 0.5) is 0 Å². The lowest BCUT2D eigenvalue weighted by atomic mass is 10.1. The zero-order valence-electron chi connectivity index (χ0n) is 10.7. The number of aliphatic hydroxyl groups is 1. The molecule has 0 spiro atoms. The van der Waals surface area contributed by atoms with Crippen molar-refractivity contribution in [3.8, 4) is 0 Å². The van der Waals surface area contributed by atoms with E-state index < -0.39 is 6.10 Å². The summed E-state index contributed by atoms with van der Waals surface area (Å²) < 4.78 is 7.04. The number of morpholine rings is 1. The van der Waals surface area contributed by atoms with Crippen molar-refractivity contribution in [3.63, 3.8) is 0 Å². The predicted octanol–water partition coefficient (Wildman–Crippen LogP) is 0.790. The number of hydrogen-bond donors (Lipinski definition) is 1. The normalized spacial score (nSPS) is 17.8. The number of carbonyl (C=O) groups excluding carboxylic acids is 1. The fourth-order valence-electron chi connectivity index (χ4n) is 2.06. The molecular weight excluding hydrogens is 232 g/mol. The molecule has 1 aromatic rings. The van der Waals surface area contributed by atoms with E-state index in [9.17, 15) is 9.90 Å². The molecule has 0 bridgehead atoms. The van der Waals surface area contributed by atoms with Crippen molar-refractivity contribution in [2.45, 2.75) is 26.0 Å². The Kier molecular flexibility index (Phi) is 4.38. The van der Waals surface area contributed by atoms with Crippen LogP contribution < -0.4 is 0 Å². The maximum absolute atomic E-state index is 12.0. The van der Waals surface area contributed by atoms with Crippen molar-refractivity contribution < 1.29 is 14.6 Å². The summed E-state index contributed by atoms with van der Waals surface area (Å²) in [6.07, 6.45) is 3.92. The second-order valence-corrected chi connectivity index (χ2v) is 4.53. The molecule has 1 fully saturated rings. The second kappa shape index (κ2) is 6.02. The fraction of sp³-hybridized carbons (Fsp3) is 0.615. The molecule has 18 heavy (non-hydrogen) atoms. The molecule has 1 amide bonds. The van der Waals surface area contributed by atoms with Gasteiger partial charge in [0.05, 0.1) is 19.3 Å². The van der Waals surface area contributed by atoms with Gasteiger partial charge >= 0.3 is 0 Å². The van der Waals surface area contributed by atoms with Gasteiger partial charge in [-0.05, 0) is 18.1 Å². The Morgan fingerprint density at radius 3 is 2.89 bits per heavy atom. The van der Waals surface area contributed by atoms with Gasteiger partial charge in [0.1, 0.15) is 6.54 Å². The van der Waals surface area contributed by atoms with Crippen molar-refractivity contribution in [1.82, 2.24) is 9.47 Å². The van der Waals surface area contributed by atoms with Crippen molar-refractivity contribution in [1.29, 1.82) is 0 Å². The molecule has 0 aliphatic carbocycles. The standard InChI is InChI=1S/C13H20N2O3/c1-2-12(16)11-3-4-14(9-11)10-13(17)15-5-7-18-8-6-15/h3-4,9,12,16H,2,5-8,10H2,1H3. The number of aliphatic hydroxyl groups excluding tert-OH is 1. The number of ether oxygens (including phenoxy) is 1. The first kappa shape index (κ1) is 13.1. The molecule has 5 nitrogen and oxygen atoms in total. The van der Waals surface area contributed by atoms with E-state index in [0.29, 0.717) is 39.3 Å². The average molecular weight is 252 g/mol. The second-order valence-electron chi connectivity index (χ2n) is 4.53. The first-order valence-corrected chi connectivity index (χ1v) is 6.40.